The molecule has 3 nitrogen and oxygen atoms in total. The summed E-state index contributed by atoms with van der Waals surface area (Å²) in [5.41, 5.74) is 7.01. The summed E-state index contributed by atoms with van der Waals surface area (Å²) in [6.45, 7) is 2.87. The summed E-state index contributed by atoms with van der Waals surface area (Å²) in [6, 6.07) is 6.28. The summed E-state index contributed by atoms with van der Waals surface area (Å²) in [7, 11) is 0. The second-order valence-electron chi connectivity index (χ2n) is 4.16. The highest BCUT2D eigenvalue weighted by molar-refractivity contribution is 5.85. The van der Waals surface area contributed by atoms with Gasteiger partial charge in [0, 0.05) is 18.8 Å². The summed E-state index contributed by atoms with van der Waals surface area (Å²) in [5.74, 6) is 0. The van der Waals surface area contributed by atoms with Crippen molar-refractivity contribution in [3.63, 3.8) is 0 Å². The Kier molecular flexibility index (Phi) is 6.26. The van der Waals surface area contributed by atoms with Crippen molar-refractivity contribution in [2.75, 3.05) is 6.54 Å². The fraction of sp³-hybridized carbons (Fsp3) is 0.545. The number of pyridine rings is 1. The first-order valence-corrected chi connectivity index (χ1v) is 5.15. The molecule has 1 aromatic heterocycles. The lowest BCUT2D eigenvalue weighted by Gasteiger charge is -2.18. The molecule has 16 heavy (non-hydrogen) atoms. The van der Waals surface area contributed by atoms with E-state index in [1.165, 1.54) is 12.8 Å². The molecule has 3 N–H and O–H groups in total. The van der Waals surface area contributed by atoms with Crippen molar-refractivity contribution in [1.82, 2.24) is 10.3 Å². The molecule has 1 aromatic rings. The number of hydrogen-bond acceptors (Lipinski definition) is 3. The van der Waals surface area contributed by atoms with Crippen LogP contribution in [0.4, 0.5) is 0 Å². The van der Waals surface area contributed by atoms with Crippen molar-refractivity contribution in [3.8, 4) is 0 Å². The maximum absolute atomic E-state index is 5.72. The molecule has 0 saturated heterocycles. The van der Waals surface area contributed by atoms with E-state index in [4.69, 9.17) is 5.73 Å². The maximum atomic E-state index is 5.72. The summed E-state index contributed by atoms with van der Waals surface area (Å²) in [6.07, 6.45) is 4.20. The van der Waals surface area contributed by atoms with E-state index in [1.807, 2.05) is 25.3 Å². The molecule has 0 unspecified atom stereocenters. The third-order valence-electron chi connectivity index (χ3n) is 2.67. The second kappa shape index (κ2) is 6.40. The number of nitrogens with one attached hydrogen (secondary N) is 1. The lowest BCUT2D eigenvalue weighted by Crippen LogP contribution is -2.38. The molecule has 0 spiro atoms. The molecule has 1 aliphatic carbocycles. The van der Waals surface area contributed by atoms with E-state index in [0.29, 0.717) is 0 Å². The van der Waals surface area contributed by atoms with Gasteiger partial charge in [0.15, 0.2) is 0 Å². The predicted octanol–water partition coefficient (Wildman–Crippen LogP) is 1.85. The van der Waals surface area contributed by atoms with Crippen molar-refractivity contribution in [2.24, 2.45) is 5.73 Å². The van der Waals surface area contributed by atoms with Gasteiger partial charge in [-0.25, -0.2) is 0 Å². The molecule has 1 saturated carbocycles. The van der Waals surface area contributed by atoms with Crippen molar-refractivity contribution in [1.29, 1.82) is 0 Å². The minimum absolute atomic E-state index is 0. The number of nitrogens with two attached hydrogens (primary N) is 1. The van der Waals surface area contributed by atoms with Gasteiger partial charge in [0.2, 0.25) is 0 Å². The molecule has 2 rings (SSSR count). The van der Waals surface area contributed by atoms with Gasteiger partial charge in [-0.15, -0.1) is 24.8 Å². The minimum atomic E-state index is 0. The van der Waals surface area contributed by atoms with E-state index in [9.17, 15) is 0 Å². The van der Waals surface area contributed by atoms with E-state index in [1.54, 1.807) is 0 Å². The zero-order chi connectivity index (χ0) is 10.0. The molecule has 0 radical (unpaired) electrons. The SMILES string of the molecule is C[C@H](N)CNC1(c2ccccn2)CC1.Cl.Cl. The Balaban J connectivity index is 0.00000112. The average molecular weight is 264 g/mol. The molecule has 0 aliphatic heterocycles. The first-order chi connectivity index (χ1) is 6.73. The highest BCUT2D eigenvalue weighted by Crippen LogP contribution is 2.44. The molecular weight excluding hydrogens is 245 g/mol. The van der Waals surface area contributed by atoms with Crippen molar-refractivity contribution >= 4 is 24.8 Å². The lowest BCUT2D eigenvalue weighted by atomic mass is 10.1. The topological polar surface area (TPSA) is 50.9 Å². The molecule has 1 heterocycles. The van der Waals surface area contributed by atoms with E-state index in [0.717, 1.165) is 12.2 Å². The van der Waals surface area contributed by atoms with Gasteiger partial charge in [0.05, 0.1) is 11.2 Å². The van der Waals surface area contributed by atoms with E-state index in [2.05, 4.69) is 16.4 Å². The van der Waals surface area contributed by atoms with Gasteiger partial charge in [0.1, 0.15) is 0 Å². The number of aromatic nitrogens is 1. The minimum Gasteiger partial charge on any atom is -0.327 e. The Morgan fingerprint density at radius 1 is 1.44 bits per heavy atom. The molecule has 0 aromatic carbocycles. The van der Waals surface area contributed by atoms with Crippen LogP contribution >= 0.6 is 24.8 Å². The Hall–Kier alpha value is -0.350. The largest absolute Gasteiger partial charge is 0.327 e. The fourth-order valence-electron chi connectivity index (χ4n) is 1.65. The first-order valence-electron chi connectivity index (χ1n) is 5.15. The van der Waals surface area contributed by atoms with Crippen LogP contribution in [0.2, 0.25) is 0 Å². The van der Waals surface area contributed by atoms with Gasteiger partial charge in [0.25, 0.3) is 0 Å². The number of hydrogen-bond donors (Lipinski definition) is 2. The van der Waals surface area contributed by atoms with Crippen LogP contribution in [0.3, 0.4) is 0 Å². The summed E-state index contributed by atoms with van der Waals surface area (Å²) in [5, 5.41) is 3.50. The second-order valence-corrected chi connectivity index (χ2v) is 4.16. The van der Waals surface area contributed by atoms with Crippen molar-refractivity contribution < 1.29 is 0 Å². The molecular formula is C11H19Cl2N3. The van der Waals surface area contributed by atoms with Crippen LogP contribution in [0, 0.1) is 0 Å². The Morgan fingerprint density at radius 3 is 2.56 bits per heavy atom. The summed E-state index contributed by atoms with van der Waals surface area (Å²) in [4.78, 5) is 4.39. The molecule has 1 aliphatic rings. The predicted molar refractivity (Wildman–Crippen MR) is 71.3 cm³/mol. The third kappa shape index (κ3) is 3.59. The van der Waals surface area contributed by atoms with E-state index >= 15 is 0 Å². The number of rotatable bonds is 4. The highest BCUT2D eigenvalue weighted by Gasteiger charge is 2.44. The Morgan fingerprint density at radius 2 is 2.12 bits per heavy atom. The summed E-state index contributed by atoms with van der Waals surface area (Å²) < 4.78 is 0. The van der Waals surface area contributed by atoms with Crippen LogP contribution in [-0.4, -0.2) is 17.6 Å². The smallest absolute Gasteiger partial charge is 0.0610 e. The van der Waals surface area contributed by atoms with E-state index in [-0.39, 0.29) is 36.4 Å². The molecule has 92 valence electrons. The third-order valence-corrected chi connectivity index (χ3v) is 2.67. The maximum Gasteiger partial charge on any atom is 0.0610 e. The number of nitrogens with zero attached hydrogens (tertiary/aromatic N) is 1. The quantitative estimate of drug-likeness (QED) is 0.872. The highest BCUT2D eigenvalue weighted by atomic mass is 35.5. The molecule has 0 bridgehead atoms. The standard InChI is InChI=1S/C11H17N3.2ClH/c1-9(12)8-14-11(5-6-11)10-4-2-3-7-13-10;;/h2-4,7,9,14H,5-6,8,12H2,1H3;2*1H/t9-;;/m0../s1. The van der Waals surface area contributed by atoms with Crippen molar-refractivity contribution in [2.45, 2.75) is 31.3 Å². The summed E-state index contributed by atoms with van der Waals surface area (Å²) >= 11 is 0. The van der Waals surface area contributed by atoms with Crippen LogP contribution in [0.1, 0.15) is 25.5 Å². The first kappa shape index (κ1) is 15.7. The van der Waals surface area contributed by atoms with Crippen LogP contribution < -0.4 is 11.1 Å². The number of halogens is 2. The van der Waals surface area contributed by atoms with Gasteiger partial charge < -0.3 is 11.1 Å². The molecule has 1 atom stereocenters. The Bertz CT molecular complexity index is 299. The zero-order valence-electron chi connectivity index (χ0n) is 9.35. The van der Waals surface area contributed by atoms with Crippen LogP contribution in [-0.2, 0) is 5.54 Å². The lowest BCUT2D eigenvalue weighted by molar-refractivity contribution is 0.481. The van der Waals surface area contributed by atoms with Gasteiger partial charge >= 0.3 is 0 Å². The fourth-order valence-corrected chi connectivity index (χ4v) is 1.65. The Labute approximate surface area is 109 Å². The zero-order valence-corrected chi connectivity index (χ0v) is 11.0. The molecule has 5 heteroatoms. The monoisotopic (exact) mass is 263 g/mol. The van der Waals surface area contributed by atoms with Gasteiger partial charge in [-0.3, -0.25) is 4.98 Å². The molecule has 0 amide bonds. The van der Waals surface area contributed by atoms with Gasteiger partial charge in [-0.1, -0.05) is 6.07 Å². The van der Waals surface area contributed by atoms with E-state index < -0.39 is 0 Å². The van der Waals surface area contributed by atoms with Gasteiger partial charge in [-0.05, 0) is 31.9 Å². The van der Waals surface area contributed by atoms with Crippen molar-refractivity contribution in [3.05, 3.63) is 30.1 Å². The normalized spacial score (nSPS) is 17.9. The molecule has 1 fully saturated rings. The van der Waals surface area contributed by atoms with Crippen LogP contribution in [0.25, 0.3) is 0 Å². The van der Waals surface area contributed by atoms with Crippen LogP contribution in [0.15, 0.2) is 24.4 Å². The average Bonchev–Trinajstić information content (AvgIpc) is 2.97. The van der Waals surface area contributed by atoms with Gasteiger partial charge in [-0.2, -0.15) is 0 Å². The van der Waals surface area contributed by atoms with Crippen LogP contribution in [0.5, 0.6) is 0 Å².